The summed E-state index contributed by atoms with van der Waals surface area (Å²) in [5.41, 5.74) is 2.74. The van der Waals surface area contributed by atoms with E-state index in [-0.39, 0.29) is 28.8 Å². The fourth-order valence-corrected chi connectivity index (χ4v) is 5.03. The zero-order chi connectivity index (χ0) is 23.1. The minimum Gasteiger partial charge on any atom is -0.870 e. The van der Waals surface area contributed by atoms with Gasteiger partial charge in [0.1, 0.15) is 5.75 Å². The van der Waals surface area contributed by atoms with Crippen LogP contribution in [0.4, 0.5) is 0 Å². The summed E-state index contributed by atoms with van der Waals surface area (Å²) in [6.07, 6.45) is 1.29. The monoisotopic (exact) mass is 524 g/mol. The quantitative estimate of drug-likeness (QED) is 0.371. The molecule has 0 aromatic heterocycles. The van der Waals surface area contributed by atoms with Crippen LogP contribution in [-0.2, 0) is 14.8 Å². The molecule has 1 aliphatic heterocycles. The molecule has 1 aliphatic rings. The summed E-state index contributed by atoms with van der Waals surface area (Å²) in [5.74, 6) is -0.363. The maximum atomic E-state index is 12.8. The van der Waals surface area contributed by atoms with Crippen LogP contribution in [0.5, 0.6) is 11.5 Å². The summed E-state index contributed by atoms with van der Waals surface area (Å²) in [4.78, 5) is 13.4. The van der Waals surface area contributed by atoms with E-state index in [1.165, 1.54) is 10.5 Å². The van der Waals surface area contributed by atoms with E-state index in [1.807, 2.05) is 0 Å². The number of para-hydroxylation sites is 1. The Hall–Kier alpha value is -2.47. The van der Waals surface area contributed by atoms with Crippen LogP contribution >= 0.6 is 15.9 Å². The van der Waals surface area contributed by atoms with Crippen LogP contribution < -0.4 is 20.2 Å². The number of piperazine rings is 1. The second kappa shape index (κ2) is 10.9. The van der Waals surface area contributed by atoms with Crippen LogP contribution in [0.2, 0.25) is 0 Å². The molecule has 1 amide bonds. The zero-order valence-corrected chi connectivity index (χ0v) is 20.0. The number of carbonyl (C=O) groups excluding carboxylic acids is 1. The van der Waals surface area contributed by atoms with Gasteiger partial charge in [-0.15, -0.1) is 0 Å². The number of benzene rings is 2. The largest absolute Gasteiger partial charge is 0.870 e. The van der Waals surface area contributed by atoms with Crippen LogP contribution in [0.3, 0.4) is 0 Å². The molecule has 11 heteroatoms. The van der Waals surface area contributed by atoms with Crippen molar-refractivity contribution in [2.45, 2.75) is 11.8 Å². The molecular weight excluding hydrogens is 500 g/mol. The van der Waals surface area contributed by atoms with Crippen molar-refractivity contribution in [2.75, 3.05) is 39.3 Å². The number of nitrogens with one attached hydrogen (secondary N) is 2. The van der Waals surface area contributed by atoms with Gasteiger partial charge in [0.25, 0.3) is 5.91 Å². The van der Waals surface area contributed by atoms with Crippen molar-refractivity contribution in [3.8, 4) is 11.5 Å². The van der Waals surface area contributed by atoms with Gasteiger partial charge < -0.3 is 14.7 Å². The van der Waals surface area contributed by atoms with E-state index >= 15 is 0 Å². The topological polar surface area (TPSA) is 116 Å². The standard InChI is InChI=1S/C21H25BrN4O5S/c1-2-31-19-5-3-4-16(21(19)28)14-23-24-20(27)15-25-10-12-26(13-11-25)32(29,30)18-8-6-17(22)7-9-18/h3-9,14,28H,2,10-13,15H2,1H3,(H,24,27)/b23-14+. The first-order valence-corrected chi connectivity index (χ1v) is 12.4. The molecule has 0 bridgehead atoms. The van der Waals surface area contributed by atoms with E-state index in [9.17, 15) is 18.3 Å². The molecule has 1 heterocycles. The first kappa shape index (κ1) is 24.2. The van der Waals surface area contributed by atoms with Gasteiger partial charge in [-0.3, -0.25) is 4.79 Å². The van der Waals surface area contributed by atoms with Gasteiger partial charge in [0.2, 0.25) is 10.0 Å². The van der Waals surface area contributed by atoms with Gasteiger partial charge in [-0.25, -0.2) is 13.8 Å². The normalized spacial score (nSPS) is 15.7. The summed E-state index contributed by atoms with van der Waals surface area (Å²) in [6, 6.07) is 11.4. The molecule has 0 saturated carbocycles. The number of hydrazone groups is 1. The maximum absolute atomic E-state index is 12.8. The van der Waals surface area contributed by atoms with E-state index in [0.29, 0.717) is 38.3 Å². The predicted octanol–water partition coefficient (Wildman–Crippen LogP) is -0.0391. The van der Waals surface area contributed by atoms with Crippen LogP contribution in [0.1, 0.15) is 12.5 Å². The Morgan fingerprint density at radius 3 is 2.59 bits per heavy atom. The predicted molar refractivity (Wildman–Crippen MR) is 121 cm³/mol. The van der Waals surface area contributed by atoms with E-state index < -0.39 is 10.0 Å². The summed E-state index contributed by atoms with van der Waals surface area (Å²) in [6.45, 7) is 4.00. The first-order chi connectivity index (χ1) is 15.3. The highest BCUT2D eigenvalue weighted by Crippen LogP contribution is 2.25. The molecular formula is C21H25BrN4O5S. The molecule has 1 saturated heterocycles. The van der Waals surface area contributed by atoms with Crippen molar-refractivity contribution in [3.05, 3.63) is 52.5 Å². The number of hydrogen-bond donors (Lipinski definition) is 2. The highest BCUT2D eigenvalue weighted by atomic mass is 79.9. The van der Waals surface area contributed by atoms with E-state index in [0.717, 1.165) is 9.37 Å². The van der Waals surface area contributed by atoms with Crippen LogP contribution in [-0.4, -0.2) is 64.2 Å². The molecule has 2 aromatic carbocycles. The van der Waals surface area contributed by atoms with Crippen LogP contribution in [0.15, 0.2) is 56.9 Å². The number of nitrogens with zero attached hydrogens (tertiary/aromatic N) is 2. The highest BCUT2D eigenvalue weighted by molar-refractivity contribution is 9.10. The van der Waals surface area contributed by atoms with Gasteiger partial charge in [0, 0.05) is 4.47 Å². The van der Waals surface area contributed by atoms with Gasteiger partial charge in [0.15, 0.2) is 6.54 Å². The average molecular weight is 525 g/mol. The van der Waals surface area contributed by atoms with Crippen molar-refractivity contribution >= 4 is 38.1 Å². The molecule has 0 aliphatic carbocycles. The molecule has 0 unspecified atom stereocenters. The van der Waals surface area contributed by atoms with Gasteiger partial charge in [-0.2, -0.15) is 9.41 Å². The maximum Gasteiger partial charge on any atom is 0.295 e. The second-order valence-corrected chi connectivity index (χ2v) is 10.0. The first-order valence-electron chi connectivity index (χ1n) is 10.1. The third-order valence-corrected chi connectivity index (χ3v) is 7.44. The molecule has 2 aromatic rings. The van der Waals surface area contributed by atoms with Crippen molar-refractivity contribution in [1.29, 1.82) is 0 Å². The Labute approximate surface area is 195 Å². The summed E-state index contributed by atoms with van der Waals surface area (Å²) < 4.78 is 33.0. The van der Waals surface area contributed by atoms with Gasteiger partial charge in [0.05, 0.1) is 43.9 Å². The lowest BCUT2D eigenvalue weighted by Gasteiger charge is -2.31. The average Bonchev–Trinajstić information content (AvgIpc) is 2.77. The SMILES string of the molecule is CCOc1cccc(/C=N/NC(=O)C[NH+]2CCN(S(=O)(=O)c3ccc(Br)cc3)CC2)c1[O-]. The Kier molecular flexibility index (Phi) is 8.24. The molecule has 0 atom stereocenters. The van der Waals surface area contributed by atoms with E-state index in [2.05, 4.69) is 26.5 Å². The van der Waals surface area contributed by atoms with Gasteiger partial charge >= 0.3 is 0 Å². The lowest BCUT2D eigenvalue weighted by Crippen LogP contribution is -3.15. The third-order valence-electron chi connectivity index (χ3n) is 4.99. The molecule has 32 heavy (non-hydrogen) atoms. The minimum absolute atomic E-state index is 0.159. The summed E-state index contributed by atoms with van der Waals surface area (Å²) >= 11 is 3.30. The number of quaternary nitrogens is 1. The molecule has 2 N–H and O–H groups in total. The summed E-state index contributed by atoms with van der Waals surface area (Å²) in [5, 5.41) is 16.1. The lowest BCUT2D eigenvalue weighted by molar-refractivity contribution is -0.895. The Bertz CT molecular complexity index is 1070. The number of halogens is 1. The molecule has 0 radical (unpaired) electrons. The fourth-order valence-electron chi connectivity index (χ4n) is 3.32. The second-order valence-electron chi connectivity index (χ2n) is 7.19. The number of sulfonamides is 1. The molecule has 3 rings (SSSR count). The Balaban J connectivity index is 1.49. The zero-order valence-electron chi connectivity index (χ0n) is 17.6. The smallest absolute Gasteiger partial charge is 0.295 e. The molecule has 0 spiro atoms. The van der Waals surface area contributed by atoms with Crippen LogP contribution in [0.25, 0.3) is 0 Å². The van der Waals surface area contributed by atoms with E-state index in [4.69, 9.17) is 4.74 Å². The van der Waals surface area contributed by atoms with Crippen molar-refractivity contribution in [3.63, 3.8) is 0 Å². The van der Waals surface area contributed by atoms with E-state index in [1.54, 1.807) is 49.4 Å². The minimum atomic E-state index is -3.55. The van der Waals surface area contributed by atoms with Crippen molar-refractivity contribution in [2.24, 2.45) is 5.10 Å². The molecule has 172 valence electrons. The number of ether oxygens (including phenoxy) is 1. The van der Waals surface area contributed by atoms with Crippen LogP contribution in [0, 0.1) is 0 Å². The summed E-state index contributed by atoms with van der Waals surface area (Å²) in [7, 11) is -3.55. The number of hydrogen-bond acceptors (Lipinski definition) is 6. The van der Waals surface area contributed by atoms with Gasteiger partial charge in [-0.05, 0) is 42.8 Å². The number of carbonyl (C=O) groups is 1. The Morgan fingerprint density at radius 2 is 1.94 bits per heavy atom. The van der Waals surface area contributed by atoms with Crippen molar-refractivity contribution in [1.82, 2.24) is 9.73 Å². The third kappa shape index (κ3) is 6.06. The van der Waals surface area contributed by atoms with Crippen molar-refractivity contribution < 1.29 is 28.0 Å². The number of rotatable bonds is 8. The lowest BCUT2D eigenvalue weighted by atomic mass is 10.2. The Morgan fingerprint density at radius 1 is 1.25 bits per heavy atom. The van der Waals surface area contributed by atoms with Gasteiger partial charge in [-0.1, -0.05) is 33.8 Å². The molecule has 9 nitrogen and oxygen atoms in total. The fraction of sp³-hybridized carbons (Fsp3) is 0.333. The highest BCUT2D eigenvalue weighted by Gasteiger charge is 2.31. The molecule has 1 fully saturated rings. The number of amides is 1.